The Morgan fingerprint density at radius 3 is 2.79 bits per heavy atom. The van der Waals surface area contributed by atoms with Crippen molar-refractivity contribution in [1.82, 2.24) is 15.2 Å². The Balaban J connectivity index is 1.67. The molecule has 6 nitrogen and oxygen atoms in total. The van der Waals surface area contributed by atoms with Crippen LogP contribution in [0.25, 0.3) is 0 Å². The Labute approximate surface area is 140 Å². The zero-order chi connectivity index (χ0) is 17.3. The van der Waals surface area contributed by atoms with Gasteiger partial charge in [0.05, 0.1) is 6.54 Å². The minimum absolute atomic E-state index is 0.133. The van der Waals surface area contributed by atoms with Gasteiger partial charge in [-0.1, -0.05) is 11.3 Å². The summed E-state index contributed by atoms with van der Waals surface area (Å²) in [5.74, 6) is 1.37. The number of hydrogen-bond donors (Lipinski definition) is 0. The Kier molecular flexibility index (Phi) is 4.48. The number of nitrogens with zero attached hydrogens (tertiary/aromatic N) is 5. The molecule has 0 bridgehead atoms. The highest BCUT2D eigenvalue weighted by Crippen LogP contribution is 2.35. The van der Waals surface area contributed by atoms with E-state index in [-0.39, 0.29) is 11.2 Å². The average molecular weight is 359 g/mol. The Morgan fingerprint density at radius 2 is 2.12 bits per heavy atom. The van der Waals surface area contributed by atoms with Crippen molar-refractivity contribution < 1.29 is 17.9 Å². The summed E-state index contributed by atoms with van der Waals surface area (Å²) in [6.07, 6.45) is -2.21. The summed E-state index contributed by atoms with van der Waals surface area (Å²) < 4.78 is 43.9. The van der Waals surface area contributed by atoms with Gasteiger partial charge in [0.1, 0.15) is 6.10 Å². The SMILES string of the molecule is CN(C)c1ncccc1OC1CCN(c2nnc(C(F)(F)F)s2)C1. The molecule has 0 radical (unpaired) electrons. The van der Waals surface area contributed by atoms with Gasteiger partial charge in [-0.05, 0) is 12.1 Å². The van der Waals surface area contributed by atoms with Crippen molar-refractivity contribution in [2.45, 2.75) is 18.7 Å². The number of alkyl halides is 3. The molecule has 0 amide bonds. The van der Waals surface area contributed by atoms with Crippen molar-refractivity contribution in [3.05, 3.63) is 23.3 Å². The van der Waals surface area contributed by atoms with Crippen molar-refractivity contribution >= 4 is 22.3 Å². The lowest BCUT2D eigenvalue weighted by Crippen LogP contribution is -2.25. The number of ether oxygens (including phenoxy) is 1. The molecule has 1 aliphatic rings. The van der Waals surface area contributed by atoms with E-state index in [1.165, 1.54) is 0 Å². The molecule has 0 aromatic carbocycles. The Morgan fingerprint density at radius 1 is 1.33 bits per heavy atom. The number of anilines is 2. The van der Waals surface area contributed by atoms with Crippen LogP contribution in [0.1, 0.15) is 11.4 Å². The molecule has 1 unspecified atom stereocenters. The molecule has 0 N–H and O–H groups in total. The van der Waals surface area contributed by atoms with Crippen LogP contribution in [0.15, 0.2) is 18.3 Å². The molecular formula is C14H16F3N5OS. The minimum atomic E-state index is -4.46. The van der Waals surface area contributed by atoms with E-state index in [4.69, 9.17) is 4.74 Å². The summed E-state index contributed by atoms with van der Waals surface area (Å²) >= 11 is 0.556. The highest BCUT2D eigenvalue weighted by atomic mass is 32.1. The topological polar surface area (TPSA) is 54.4 Å². The lowest BCUT2D eigenvalue weighted by Gasteiger charge is -2.20. The first-order valence-electron chi connectivity index (χ1n) is 7.29. The highest BCUT2D eigenvalue weighted by Gasteiger charge is 2.37. The lowest BCUT2D eigenvalue weighted by atomic mass is 10.3. The fraction of sp³-hybridized carbons (Fsp3) is 0.500. The first kappa shape index (κ1) is 16.7. The van der Waals surface area contributed by atoms with E-state index < -0.39 is 11.2 Å². The summed E-state index contributed by atoms with van der Waals surface area (Å²) in [7, 11) is 3.74. The zero-order valence-corrected chi connectivity index (χ0v) is 13.9. The van der Waals surface area contributed by atoms with Crippen LogP contribution in [0.4, 0.5) is 24.1 Å². The summed E-state index contributed by atoms with van der Waals surface area (Å²) in [5.41, 5.74) is 0. The minimum Gasteiger partial charge on any atom is -0.485 e. The average Bonchev–Trinajstić information content (AvgIpc) is 3.15. The summed E-state index contributed by atoms with van der Waals surface area (Å²) in [6.45, 7) is 1.04. The van der Waals surface area contributed by atoms with Crippen LogP contribution in [0.3, 0.4) is 0 Å². The standard InChI is InChI=1S/C14H16F3N5OS/c1-21(2)11-10(4-3-6-18-11)23-9-5-7-22(8-9)13-20-19-12(24-13)14(15,16)17/h3-4,6,9H,5,7-8H2,1-2H3. The number of aromatic nitrogens is 3. The smallest absolute Gasteiger partial charge is 0.445 e. The van der Waals surface area contributed by atoms with Crippen LogP contribution >= 0.6 is 11.3 Å². The van der Waals surface area contributed by atoms with E-state index in [9.17, 15) is 13.2 Å². The molecule has 2 aromatic heterocycles. The quantitative estimate of drug-likeness (QED) is 0.837. The van der Waals surface area contributed by atoms with Crippen molar-refractivity contribution in [2.75, 3.05) is 37.0 Å². The van der Waals surface area contributed by atoms with Gasteiger partial charge in [-0.2, -0.15) is 13.2 Å². The molecule has 0 aliphatic carbocycles. The fourth-order valence-electron chi connectivity index (χ4n) is 2.45. The number of halogens is 3. The maximum atomic E-state index is 12.6. The number of hydrogen-bond acceptors (Lipinski definition) is 7. The molecule has 0 spiro atoms. The first-order valence-corrected chi connectivity index (χ1v) is 8.11. The van der Waals surface area contributed by atoms with Gasteiger partial charge in [0.15, 0.2) is 11.6 Å². The predicted molar refractivity (Wildman–Crippen MR) is 84.7 cm³/mol. The van der Waals surface area contributed by atoms with Gasteiger partial charge in [0.2, 0.25) is 10.1 Å². The molecule has 24 heavy (non-hydrogen) atoms. The third-order valence-corrected chi connectivity index (χ3v) is 4.57. The van der Waals surface area contributed by atoms with Crippen molar-refractivity contribution in [1.29, 1.82) is 0 Å². The molecule has 2 aromatic rings. The second kappa shape index (κ2) is 6.42. The number of pyridine rings is 1. The van der Waals surface area contributed by atoms with Crippen LogP contribution in [0.5, 0.6) is 5.75 Å². The van der Waals surface area contributed by atoms with Crippen molar-refractivity contribution in [2.24, 2.45) is 0 Å². The van der Waals surface area contributed by atoms with Crippen LogP contribution in [0.2, 0.25) is 0 Å². The highest BCUT2D eigenvalue weighted by molar-refractivity contribution is 7.15. The summed E-state index contributed by atoms with van der Waals surface area (Å²) in [5, 5.41) is 6.22. The van der Waals surface area contributed by atoms with Gasteiger partial charge < -0.3 is 14.5 Å². The van der Waals surface area contributed by atoms with Crippen molar-refractivity contribution in [3.8, 4) is 5.75 Å². The van der Waals surface area contributed by atoms with Crippen LogP contribution in [-0.2, 0) is 6.18 Å². The molecule has 3 heterocycles. The molecule has 1 fully saturated rings. The van der Waals surface area contributed by atoms with Crippen LogP contribution < -0.4 is 14.5 Å². The van der Waals surface area contributed by atoms with E-state index in [2.05, 4.69) is 15.2 Å². The number of rotatable bonds is 4. The molecule has 10 heteroatoms. The normalized spacial score (nSPS) is 18.0. The van der Waals surface area contributed by atoms with E-state index in [1.807, 2.05) is 25.1 Å². The van der Waals surface area contributed by atoms with E-state index in [0.29, 0.717) is 42.4 Å². The fourth-order valence-corrected chi connectivity index (χ4v) is 3.19. The van der Waals surface area contributed by atoms with Crippen molar-refractivity contribution in [3.63, 3.8) is 0 Å². The van der Waals surface area contributed by atoms with Crippen LogP contribution in [0, 0.1) is 0 Å². The van der Waals surface area contributed by atoms with E-state index in [0.717, 1.165) is 0 Å². The predicted octanol–water partition coefficient (Wildman–Crippen LogP) is 2.68. The molecule has 1 saturated heterocycles. The summed E-state index contributed by atoms with van der Waals surface area (Å²) in [6, 6.07) is 3.62. The maximum Gasteiger partial charge on any atom is 0.445 e. The monoisotopic (exact) mass is 359 g/mol. The van der Waals surface area contributed by atoms with Gasteiger partial charge in [-0.25, -0.2) is 4.98 Å². The van der Waals surface area contributed by atoms with Gasteiger partial charge >= 0.3 is 6.18 Å². The van der Waals surface area contributed by atoms with Gasteiger partial charge in [0, 0.05) is 33.3 Å². The third-order valence-electron chi connectivity index (χ3n) is 3.54. The van der Waals surface area contributed by atoms with E-state index >= 15 is 0 Å². The van der Waals surface area contributed by atoms with E-state index in [1.54, 1.807) is 17.2 Å². The molecule has 1 atom stereocenters. The molecule has 1 aliphatic heterocycles. The third kappa shape index (κ3) is 3.53. The second-order valence-electron chi connectivity index (χ2n) is 5.58. The molecule has 130 valence electrons. The van der Waals surface area contributed by atoms with Gasteiger partial charge in [-0.15, -0.1) is 10.2 Å². The van der Waals surface area contributed by atoms with Gasteiger partial charge in [-0.3, -0.25) is 0 Å². The van der Waals surface area contributed by atoms with Gasteiger partial charge in [0.25, 0.3) is 0 Å². The Hall–Kier alpha value is -2.10. The largest absolute Gasteiger partial charge is 0.485 e. The Bertz CT molecular complexity index is 706. The molecular weight excluding hydrogens is 343 g/mol. The van der Waals surface area contributed by atoms with Crippen LogP contribution in [-0.4, -0.2) is 48.5 Å². The second-order valence-corrected chi connectivity index (χ2v) is 6.54. The zero-order valence-electron chi connectivity index (χ0n) is 13.1. The lowest BCUT2D eigenvalue weighted by molar-refractivity contribution is -0.138. The first-order chi connectivity index (χ1) is 11.3. The summed E-state index contributed by atoms with van der Waals surface area (Å²) in [4.78, 5) is 7.89. The maximum absolute atomic E-state index is 12.6. The molecule has 3 rings (SSSR count). The molecule has 0 saturated carbocycles.